The van der Waals surface area contributed by atoms with Crippen molar-refractivity contribution >= 4 is 16.1 Å². The van der Waals surface area contributed by atoms with Crippen LogP contribution in [0, 0.1) is 6.92 Å². The minimum atomic E-state index is -3.70. The Balaban J connectivity index is 2.18. The molecule has 1 atom stereocenters. The number of rotatable bonds is 3. The number of hydrogen-bond donors (Lipinski definition) is 2. The van der Waals surface area contributed by atoms with Gasteiger partial charge in [0.1, 0.15) is 0 Å². The van der Waals surface area contributed by atoms with E-state index in [1.165, 1.54) is 12.1 Å². The Labute approximate surface area is 118 Å². The van der Waals surface area contributed by atoms with Crippen LogP contribution in [-0.4, -0.2) is 37.2 Å². The Bertz CT molecular complexity index is 583. The molecule has 2 N–H and O–H groups in total. The first-order valence-electron chi connectivity index (χ1n) is 6.49. The second-order valence-electron chi connectivity index (χ2n) is 4.92. The monoisotopic (exact) mass is 298 g/mol. The van der Waals surface area contributed by atoms with E-state index in [1.807, 2.05) is 6.92 Å². The van der Waals surface area contributed by atoms with Gasteiger partial charge in [-0.15, -0.1) is 0 Å². The number of nitrogens with zero attached hydrogens (tertiary/aromatic N) is 1. The van der Waals surface area contributed by atoms with Crippen LogP contribution in [-0.2, 0) is 10.0 Å². The highest BCUT2D eigenvalue weighted by Crippen LogP contribution is 2.18. The lowest BCUT2D eigenvalue weighted by atomic mass is 10.1. The van der Waals surface area contributed by atoms with Crippen molar-refractivity contribution < 1.29 is 18.3 Å². The number of sulfonamides is 1. The Hall–Kier alpha value is -1.60. The number of carboxylic acid groups (broad SMARTS) is 1. The molecule has 20 heavy (non-hydrogen) atoms. The molecule has 0 aromatic heterocycles. The van der Waals surface area contributed by atoms with Crippen LogP contribution in [0.25, 0.3) is 0 Å². The molecule has 2 rings (SSSR count). The van der Waals surface area contributed by atoms with Gasteiger partial charge in [-0.2, -0.15) is 4.72 Å². The van der Waals surface area contributed by atoms with Gasteiger partial charge in [-0.3, -0.25) is 4.90 Å². The average Bonchev–Trinajstić information content (AvgIpc) is 2.39. The van der Waals surface area contributed by atoms with E-state index in [2.05, 4.69) is 4.72 Å². The summed E-state index contributed by atoms with van der Waals surface area (Å²) < 4.78 is 27.0. The van der Waals surface area contributed by atoms with Crippen molar-refractivity contribution in [1.82, 2.24) is 9.62 Å². The smallest absolute Gasteiger partial charge is 0.408 e. The molecule has 7 heteroatoms. The van der Waals surface area contributed by atoms with Crippen molar-refractivity contribution in [2.24, 2.45) is 0 Å². The minimum Gasteiger partial charge on any atom is -0.465 e. The van der Waals surface area contributed by atoms with Gasteiger partial charge in [0.15, 0.2) is 0 Å². The SMILES string of the molecule is Cc1ccc(S(=O)(=O)NC2CCCCN2C(=O)O)cc1. The highest BCUT2D eigenvalue weighted by atomic mass is 32.2. The van der Waals surface area contributed by atoms with E-state index in [0.717, 1.165) is 23.3 Å². The maximum Gasteiger partial charge on any atom is 0.408 e. The van der Waals surface area contributed by atoms with Crippen LogP contribution in [0.15, 0.2) is 29.2 Å². The largest absolute Gasteiger partial charge is 0.465 e. The topological polar surface area (TPSA) is 86.7 Å². The molecule has 1 heterocycles. The molecule has 1 aromatic carbocycles. The van der Waals surface area contributed by atoms with Gasteiger partial charge in [-0.1, -0.05) is 17.7 Å². The van der Waals surface area contributed by atoms with Gasteiger partial charge in [-0.25, -0.2) is 13.2 Å². The Morgan fingerprint density at radius 2 is 1.95 bits per heavy atom. The second-order valence-corrected chi connectivity index (χ2v) is 6.64. The molecule has 0 saturated carbocycles. The predicted molar refractivity (Wildman–Crippen MR) is 73.9 cm³/mol. The van der Waals surface area contributed by atoms with E-state index in [-0.39, 0.29) is 4.90 Å². The van der Waals surface area contributed by atoms with Crippen LogP contribution in [0.3, 0.4) is 0 Å². The molecule has 1 fully saturated rings. The van der Waals surface area contributed by atoms with Crippen molar-refractivity contribution in [3.8, 4) is 0 Å². The summed E-state index contributed by atoms with van der Waals surface area (Å²) in [5, 5.41) is 9.10. The Kier molecular flexibility index (Phi) is 4.29. The summed E-state index contributed by atoms with van der Waals surface area (Å²) >= 11 is 0. The molecule has 1 aromatic rings. The first kappa shape index (κ1) is 14.8. The van der Waals surface area contributed by atoms with Gasteiger partial charge in [0, 0.05) is 6.54 Å². The zero-order valence-corrected chi connectivity index (χ0v) is 12.1. The fourth-order valence-electron chi connectivity index (χ4n) is 2.25. The number of nitrogens with one attached hydrogen (secondary N) is 1. The summed E-state index contributed by atoms with van der Waals surface area (Å²) in [6, 6.07) is 6.46. The quantitative estimate of drug-likeness (QED) is 0.890. The molecule has 1 amide bonds. The van der Waals surface area contributed by atoms with E-state index < -0.39 is 22.3 Å². The zero-order valence-electron chi connectivity index (χ0n) is 11.2. The first-order chi connectivity index (χ1) is 9.40. The number of carbonyl (C=O) groups is 1. The van der Waals surface area contributed by atoms with Gasteiger partial charge in [0.05, 0.1) is 11.1 Å². The van der Waals surface area contributed by atoms with Gasteiger partial charge in [0.25, 0.3) is 0 Å². The lowest BCUT2D eigenvalue weighted by Gasteiger charge is -2.33. The van der Waals surface area contributed by atoms with Crippen LogP contribution in [0.5, 0.6) is 0 Å². The molecule has 1 aliphatic heterocycles. The van der Waals surface area contributed by atoms with E-state index in [0.29, 0.717) is 13.0 Å². The standard InChI is InChI=1S/C13H18N2O4S/c1-10-5-7-11(8-6-10)20(18,19)14-12-4-2-3-9-15(12)13(16)17/h5-8,12,14H,2-4,9H2,1H3,(H,16,17). The summed E-state index contributed by atoms with van der Waals surface area (Å²) in [6.45, 7) is 2.23. The third-order valence-corrected chi connectivity index (χ3v) is 4.85. The molecule has 6 nitrogen and oxygen atoms in total. The molecular formula is C13H18N2O4S. The van der Waals surface area contributed by atoms with E-state index in [1.54, 1.807) is 12.1 Å². The third-order valence-electron chi connectivity index (χ3n) is 3.37. The van der Waals surface area contributed by atoms with Gasteiger partial charge >= 0.3 is 6.09 Å². The third kappa shape index (κ3) is 3.29. The summed E-state index contributed by atoms with van der Waals surface area (Å²) in [4.78, 5) is 12.4. The predicted octanol–water partition coefficient (Wildman–Crippen LogP) is 1.76. The molecule has 0 radical (unpaired) electrons. The molecule has 1 saturated heterocycles. The zero-order chi connectivity index (χ0) is 14.8. The lowest BCUT2D eigenvalue weighted by molar-refractivity contribution is 0.103. The lowest BCUT2D eigenvalue weighted by Crippen LogP contribution is -2.52. The summed E-state index contributed by atoms with van der Waals surface area (Å²) in [5.41, 5.74) is 0.966. The maximum absolute atomic E-state index is 12.2. The first-order valence-corrected chi connectivity index (χ1v) is 7.97. The van der Waals surface area contributed by atoms with E-state index in [9.17, 15) is 13.2 Å². The molecule has 0 spiro atoms. The number of piperidine rings is 1. The van der Waals surface area contributed by atoms with Crippen LogP contribution in [0.4, 0.5) is 4.79 Å². The summed E-state index contributed by atoms with van der Waals surface area (Å²) in [6.07, 6.45) is 0.283. The van der Waals surface area contributed by atoms with E-state index in [4.69, 9.17) is 5.11 Å². The van der Waals surface area contributed by atoms with Crippen molar-refractivity contribution in [3.05, 3.63) is 29.8 Å². The highest BCUT2D eigenvalue weighted by Gasteiger charge is 2.30. The Morgan fingerprint density at radius 1 is 1.30 bits per heavy atom. The molecule has 110 valence electrons. The van der Waals surface area contributed by atoms with Crippen molar-refractivity contribution in [2.45, 2.75) is 37.2 Å². The summed E-state index contributed by atoms with van der Waals surface area (Å²) in [7, 11) is -3.70. The van der Waals surface area contributed by atoms with Gasteiger partial charge in [0.2, 0.25) is 10.0 Å². The van der Waals surface area contributed by atoms with Crippen molar-refractivity contribution in [3.63, 3.8) is 0 Å². The van der Waals surface area contributed by atoms with Crippen LogP contribution in [0.1, 0.15) is 24.8 Å². The maximum atomic E-state index is 12.2. The minimum absolute atomic E-state index is 0.152. The molecule has 1 aliphatic rings. The highest BCUT2D eigenvalue weighted by molar-refractivity contribution is 7.89. The van der Waals surface area contributed by atoms with E-state index >= 15 is 0 Å². The van der Waals surface area contributed by atoms with Gasteiger partial charge in [-0.05, 0) is 38.3 Å². The second kappa shape index (κ2) is 5.80. The fourth-order valence-corrected chi connectivity index (χ4v) is 3.48. The Morgan fingerprint density at radius 3 is 2.55 bits per heavy atom. The van der Waals surface area contributed by atoms with Crippen LogP contribution < -0.4 is 4.72 Å². The van der Waals surface area contributed by atoms with Crippen molar-refractivity contribution in [2.75, 3.05) is 6.54 Å². The fraction of sp³-hybridized carbons (Fsp3) is 0.462. The molecule has 0 bridgehead atoms. The normalized spacial score (nSPS) is 19.9. The molecular weight excluding hydrogens is 280 g/mol. The molecule has 1 unspecified atom stereocenters. The van der Waals surface area contributed by atoms with Gasteiger partial charge < -0.3 is 5.11 Å². The summed E-state index contributed by atoms with van der Waals surface area (Å²) in [5.74, 6) is 0. The van der Waals surface area contributed by atoms with Crippen molar-refractivity contribution in [1.29, 1.82) is 0 Å². The molecule has 0 aliphatic carbocycles. The average molecular weight is 298 g/mol. The number of hydrogen-bond acceptors (Lipinski definition) is 3. The number of benzene rings is 1. The number of likely N-dealkylation sites (tertiary alicyclic amines) is 1. The van der Waals surface area contributed by atoms with Crippen LogP contribution >= 0.6 is 0 Å². The number of amides is 1. The van der Waals surface area contributed by atoms with Crippen LogP contribution in [0.2, 0.25) is 0 Å². The number of aryl methyl sites for hydroxylation is 1.